The maximum atomic E-state index is 12.0. The van der Waals surface area contributed by atoms with Crippen LogP contribution in [0.15, 0.2) is 30.3 Å². The number of amides is 2. The Morgan fingerprint density at radius 1 is 1.35 bits per heavy atom. The Kier molecular flexibility index (Phi) is 5.52. The highest BCUT2D eigenvalue weighted by Crippen LogP contribution is 2.23. The first-order chi connectivity index (χ1) is 10.9. The number of rotatable bonds is 4. The standard InChI is InChI=1S/C16H16ClN3O2S/c1-10-14(15(22)20(2)3)23-16(18-10)19-13(21)8-7-11-5-4-6-12(17)9-11/h4-9H,1-3H3,(H,18,19,21). The van der Waals surface area contributed by atoms with Crippen LogP contribution in [0.1, 0.15) is 20.9 Å². The van der Waals surface area contributed by atoms with Gasteiger partial charge in [0, 0.05) is 25.2 Å². The summed E-state index contributed by atoms with van der Waals surface area (Å²) in [6.45, 7) is 1.74. The van der Waals surface area contributed by atoms with Crippen molar-refractivity contribution in [3.63, 3.8) is 0 Å². The molecule has 2 amide bonds. The van der Waals surface area contributed by atoms with Gasteiger partial charge in [0.05, 0.1) is 5.69 Å². The number of nitrogens with one attached hydrogen (secondary N) is 1. The quantitative estimate of drug-likeness (QED) is 0.860. The highest BCUT2D eigenvalue weighted by Gasteiger charge is 2.17. The molecule has 0 saturated carbocycles. The number of hydrogen-bond acceptors (Lipinski definition) is 4. The zero-order chi connectivity index (χ0) is 17.0. The molecule has 0 aliphatic rings. The number of halogens is 1. The molecule has 0 aliphatic heterocycles. The van der Waals surface area contributed by atoms with E-state index in [0.717, 1.165) is 16.9 Å². The normalized spacial score (nSPS) is 10.8. The summed E-state index contributed by atoms with van der Waals surface area (Å²) in [5, 5.41) is 3.66. The van der Waals surface area contributed by atoms with E-state index >= 15 is 0 Å². The number of nitrogens with zero attached hydrogens (tertiary/aromatic N) is 2. The van der Waals surface area contributed by atoms with Crippen molar-refractivity contribution in [2.75, 3.05) is 19.4 Å². The van der Waals surface area contributed by atoms with E-state index in [1.165, 1.54) is 11.0 Å². The second-order valence-electron chi connectivity index (χ2n) is 5.01. The molecule has 7 heteroatoms. The van der Waals surface area contributed by atoms with Crippen LogP contribution in [0.25, 0.3) is 6.08 Å². The van der Waals surface area contributed by atoms with Crippen molar-refractivity contribution in [2.45, 2.75) is 6.92 Å². The molecule has 23 heavy (non-hydrogen) atoms. The molecule has 1 N–H and O–H groups in total. The third-order valence-electron chi connectivity index (χ3n) is 2.90. The third kappa shape index (κ3) is 4.64. The highest BCUT2D eigenvalue weighted by atomic mass is 35.5. The molecule has 1 aromatic heterocycles. The van der Waals surface area contributed by atoms with Crippen LogP contribution in [0.5, 0.6) is 0 Å². The summed E-state index contributed by atoms with van der Waals surface area (Å²) < 4.78 is 0. The summed E-state index contributed by atoms with van der Waals surface area (Å²) in [6.07, 6.45) is 3.06. The van der Waals surface area contributed by atoms with Gasteiger partial charge in [0.15, 0.2) is 5.13 Å². The molecule has 0 spiro atoms. The zero-order valence-corrected chi connectivity index (χ0v) is 14.5. The first-order valence-electron chi connectivity index (χ1n) is 6.80. The summed E-state index contributed by atoms with van der Waals surface area (Å²) in [4.78, 5) is 30.1. The SMILES string of the molecule is Cc1nc(NC(=O)C=Cc2cccc(Cl)c2)sc1C(=O)N(C)C. The van der Waals surface area contributed by atoms with Crippen molar-refractivity contribution < 1.29 is 9.59 Å². The Balaban J connectivity index is 2.06. The fourth-order valence-electron chi connectivity index (χ4n) is 1.78. The summed E-state index contributed by atoms with van der Waals surface area (Å²) in [5.74, 6) is -0.447. The van der Waals surface area contributed by atoms with Gasteiger partial charge in [0.25, 0.3) is 5.91 Å². The lowest BCUT2D eigenvalue weighted by atomic mass is 10.2. The summed E-state index contributed by atoms with van der Waals surface area (Å²) in [6, 6.07) is 7.17. The first kappa shape index (κ1) is 17.2. The van der Waals surface area contributed by atoms with E-state index in [1.54, 1.807) is 39.2 Å². The average Bonchev–Trinajstić information content (AvgIpc) is 2.84. The minimum absolute atomic E-state index is 0.130. The Bertz CT molecular complexity index is 768. The van der Waals surface area contributed by atoms with Crippen molar-refractivity contribution in [2.24, 2.45) is 0 Å². The van der Waals surface area contributed by atoms with Crippen molar-refractivity contribution in [3.05, 3.63) is 51.5 Å². The Labute approximate surface area is 143 Å². The molecular weight excluding hydrogens is 334 g/mol. The summed E-state index contributed by atoms with van der Waals surface area (Å²) in [5.41, 5.74) is 1.43. The molecule has 0 aliphatic carbocycles. The molecule has 1 aromatic carbocycles. The number of aromatic nitrogens is 1. The van der Waals surface area contributed by atoms with E-state index in [-0.39, 0.29) is 11.8 Å². The number of benzene rings is 1. The minimum atomic E-state index is -0.317. The van der Waals surface area contributed by atoms with Gasteiger partial charge in [-0.05, 0) is 30.7 Å². The van der Waals surface area contributed by atoms with Crippen LogP contribution in [0.3, 0.4) is 0 Å². The van der Waals surface area contributed by atoms with E-state index in [1.807, 2.05) is 12.1 Å². The number of thiazole rings is 1. The van der Waals surface area contributed by atoms with Crippen LogP contribution in [0, 0.1) is 6.92 Å². The van der Waals surface area contributed by atoms with Gasteiger partial charge in [-0.25, -0.2) is 4.98 Å². The van der Waals surface area contributed by atoms with Crippen LogP contribution in [-0.4, -0.2) is 35.8 Å². The largest absolute Gasteiger partial charge is 0.344 e. The maximum Gasteiger partial charge on any atom is 0.265 e. The molecule has 0 fully saturated rings. The van der Waals surface area contributed by atoms with E-state index in [4.69, 9.17) is 11.6 Å². The van der Waals surface area contributed by atoms with Gasteiger partial charge in [-0.1, -0.05) is 35.1 Å². The van der Waals surface area contributed by atoms with Crippen LogP contribution in [-0.2, 0) is 4.79 Å². The molecule has 120 valence electrons. The molecule has 0 unspecified atom stereocenters. The summed E-state index contributed by atoms with van der Waals surface area (Å²) in [7, 11) is 3.35. The number of carbonyl (C=O) groups is 2. The van der Waals surface area contributed by atoms with Gasteiger partial charge in [-0.3, -0.25) is 14.9 Å². The van der Waals surface area contributed by atoms with Crippen LogP contribution in [0.4, 0.5) is 5.13 Å². The molecule has 0 radical (unpaired) electrons. The first-order valence-corrected chi connectivity index (χ1v) is 8.00. The lowest BCUT2D eigenvalue weighted by Crippen LogP contribution is -2.21. The highest BCUT2D eigenvalue weighted by molar-refractivity contribution is 7.17. The molecule has 1 heterocycles. The number of carbonyl (C=O) groups excluding carboxylic acids is 2. The molecular formula is C16H16ClN3O2S. The molecule has 0 saturated heterocycles. The van der Waals surface area contributed by atoms with E-state index in [2.05, 4.69) is 10.3 Å². The second kappa shape index (κ2) is 7.39. The van der Waals surface area contributed by atoms with Gasteiger partial charge in [-0.2, -0.15) is 0 Å². The van der Waals surface area contributed by atoms with Gasteiger partial charge in [0.1, 0.15) is 4.88 Å². The van der Waals surface area contributed by atoms with Gasteiger partial charge < -0.3 is 4.90 Å². The van der Waals surface area contributed by atoms with E-state index < -0.39 is 0 Å². The average molecular weight is 350 g/mol. The van der Waals surface area contributed by atoms with E-state index in [0.29, 0.717) is 20.7 Å². The van der Waals surface area contributed by atoms with Crippen molar-refractivity contribution in [1.82, 2.24) is 9.88 Å². The predicted octanol–water partition coefficient (Wildman–Crippen LogP) is 3.46. The van der Waals surface area contributed by atoms with Crippen LogP contribution < -0.4 is 5.32 Å². The monoisotopic (exact) mass is 349 g/mol. The van der Waals surface area contributed by atoms with Crippen molar-refractivity contribution in [3.8, 4) is 0 Å². The molecule has 5 nitrogen and oxygen atoms in total. The van der Waals surface area contributed by atoms with Gasteiger partial charge in [-0.15, -0.1) is 0 Å². The Morgan fingerprint density at radius 2 is 2.09 bits per heavy atom. The van der Waals surface area contributed by atoms with Crippen LogP contribution in [0.2, 0.25) is 5.02 Å². The molecule has 2 rings (SSSR count). The smallest absolute Gasteiger partial charge is 0.265 e. The van der Waals surface area contributed by atoms with E-state index in [9.17, 15) is 9.59 Å². The van der Waals surface area contributed by atoms with Gasteiger partial charge >= 0.3 is 0 Å². The van der Waals surface area contributed by atoms with Gasteiger partial charge in [0.2, 0.25) is 5.91 Å². The topological polar surface area (TPSA) is 62.3 Å². The fourth-order valence-corrected chi connectivity index (χ4v) is 2.97. The second-order valence-corrected chi connectivity index (χ2v) is 6.45. The lowest BCUT2D eigenvalue weighted by Gasteiger charge is -2.07. The number of aryl methyl sites for hydroxylation is 1. The zero-order valence-electron chi connectivity index (χ0n) is 13.0. The van der Waals surface area contributed by atoms with Crippen LogP contribution >= 0.6 is 22.9 Å². The van der Waals surface area contributed by atoms with Crippen molar-refractivity contribution >= 4 is 46.0 Å². The Hall–Kier alpha value is -2.18. The van der Waals surface area contributed by atoms with Crippen molar-refractivity contribution in [1.29, 1.82) is 0 Å². The third-order valence-corrected chi connectivity index (χ3v) is 4.20. The molecule has 0 atom stereocenters. The summed E-state index contributed by atoms with van der Waals surface area (Å²) >= 11 is 7.05. The Morgan fingerprint density at radius 3 is 2.74 bits per heavy atom. The number of hydrogen-bond donors (Lipinski definition) is 1. The predicted molar refractivity (Wildman–Crippen MR) is 94.0 cm³/mol. The maximum absolute atomic E-state index is 12.0. The minimum Gasteiger partial charge on any atom is -0.344 e. The lowest BCUT2D eigenvalue weighted by molar-refractivity contribution is -0.111. The number of anilines is 1. The molecule has 0 bridgehead atoms. The molecule has 2 aromatic rings. The fraction of sp³-hybridized carbons (Fsp3) is 0.188.